The Kier molecular flexibility index (Phi) is 6.09. The average molecular weight is 373 g/mol. The molecule has 0 bridgehead atoms. The fourth-order valence-electron chi connectivity index (χ4n) is 3.30. The third-order valence-electron chi connectivity index (χ3n) is 5.05. The van der Waals surface area contributed by atoms with Crippen molar-refractivity contribution in [1.29, 1.82) is 0 Å². The molecule has 1 aliphatic rings. The van der Waals surface area contributed by atoms with Gasteiger partial charge in [0, 0.05) is 7.05 Å². The summed E-state index contributed by atoms with van der Waals surface area (Å²) in [7, 11) is 1.60. The number of hydrogen-bond donors (Lipinski definition) is 1. The van der Waals surface area contributed by atoms with Crippen LogP contribution in [0.5, 0.6) is 5.75 Å². The van der Waals surface area contributed by atoms with E-state index in [1.807, 2.05) is 25.1 Å². The fourth-order valence-corrected chi connectivity index (χ4v) is 3.30. The van der Waals surface area contributed by atoms with E-state index in [1.54, 1.807) is 13.1 Å². The van der Waals surface area contributed by atoms with Gasteiger partial charge in [-0.3, -0.25) is 4.79 Å². The number of benzene rings is 2. The van der Waals surface area contributed by atoms with Crippen molar-refractivity contribution in [2.45, 2.75) is 51.6 Å². The zero-order valence-electron chi connectivity index (χ0n) is 15.7. The molecule has 0 spiro atoms. The molecule has 1 saturated carbocycles. The second kappa shape index (κ2) is 8.51. The fraction of sp³-hybridized carbons (Fsp3) is 0.409. The van der Waals surface area contributed by atoms with Crippen molar-refractivity contribution in [3.63, 3.8) is 0 Å². The van der Waals surface area contributed by atoms with Crippen LogP contribution < -0.4 is 10.1 Å². The summed E-state index contributed by atoms with van der Waals surface area (Å²) in [6, 6.07) is 10.9. The Bertz CT molecular complexity index is 816. The molecule has 0 radical (unpaired) electrons. The first kappa shape index (κ1) is 19.3. The van der Waals surface area contributed by atoms with E-state index in [2.05, 4.69) is 11.4 Å². The summed E-state index contributed by atoms with van der Waals surface area (Å²) in [4.78, 5) is 11.9. The second-order valence-electron chi connectivity index (χ2n) is 6.92. The van der Waals surface area contributed by atoms with Crippen LogP contribution in [0.25, 0.3) is 0 Å². The van der Waals surface area contributed by atoms with Crippen LogP contribution in [0.15, 0.2) is 36.4 Å². The molecule has 144 valence electrons. The van der Waals surface area contributed by atoms with Crippen molar-refractivity contribution < 1.29 is 18.3 Å². The van der Waals surface area contributed by atoms with Gasteiger partial charge in [-0.1, -0.05) is 31.2 Å². The molecule has 3 rings (SSSR count). The van der Waals surface area contributed by atoms with E-state index in [-0.39, 0.29) is 30.2 Å². The lowest BCUT2D eigenvalue weighted by Gasteiger charge is -2.17. The summed E-state index contributed by atoms with van der Waals surface area (Å²) in [6.07, 6.45) is 0.594. The predicted octanol–water partition coefficient (Wildman–Crippen LogP) is 4.93. The first-order valence-electron chi connectivity index (χ1n) is 9.38. The van der Waals surface area contributed by atoms with Gasteiger partial charge >= 0.3 is 0 Å². The summed E-state index contributed by atoms with van der Waals surface area (Å²) in [5, 5.41) is 2.64. The highest BCUT2D eigenvalue weighted by Crippen LogP contribution is 2.43. The molecule has 1 N–H and O–H groups in total. The highest BCUT2D eigenvalue weighted by Gasteiger charge is 2.27. The van der Waals surface area contributed by atoms with Gasteiger partial charge in [0.2, 0.25) is 5.91 Å². The van der Waals surface area contributed by atoms with Gasteiger partial charge in [-0.15, -0.1) is 0 Å². The van der Waals surface area contributed by atoms with Crippen LogP contribution in [0.4, 0.5) is 8.78 Å². The quantitative estimate of drug-likeness (QED) is 0.712. The van der Waals surface area contributed by atoms with E-state index in [0.717, 1.165) is 29.5 Å². The van der Waals surface area contributed by atoms with Crippen molar-refractivity contribution in [1.82, 2.24) is 5.32 Å². The number of carbonyl (C=O) groups is 1. The van der Waals surface area contributed by atoms with Gasteiger partial charge < -0.3 is 10.1 Å². The Labute approximate surface area is 158 Å². The smallest absolute Gasteiger partial charge is 0.267 e. The van der Waals surface area contributed by atoms with E-state index < -0.39 is 6.43 Å². The Hall–Kier alpha value is -2.43. The van der Waals surface area contributed by atoms with Gasteiger partial charge in [0.25, 0.3) is 6.43 Å². The largest absolute Gasteiger partial charge is 0.488 e. The van der Waals surface area contributed by atoms with E-state index >= 15 is 0 Å². The van der Waals surface area contributed by atoms with Gasteiger partial charge in [0.15, 0.2) is 0 Å². The minimum absolute atomic E-state index is 0.0777. The summed E-state index contributed by atoms with van der Waals surface area (Å²) in [5.74, 6) is 0.605. The Morgan fingerprint density at radius 3 is 2.67 bits per heavy atom. The van der Waals surface area contributed by atoms with Crippen LogP contribution in [-0.2, 0) is 24.2 Å². The van der Waals surface area contributed by atoms with Gasteiger partial charge in [0.1, 0.15) is 12.4 Å². The lowest BCUT2D eigenvalue weighted by molar-refractivity contribution is -0.119. The van der Waals surface area contributed by atoms with E-state index in [4.69, 9.17) is 4.74 Å². The van der Waals surface area contributed by atoms with Crippen molar-refractivity contribution in [3.8, 4) is 5.75 Å². The molecular formula is C22H25F2NO2. The molecule has 0 saturated heterocycles. The first-order chi connectivity index (χ1) is 13.0. The van der Waals surface area contributed by atoms with Crippen LogP contribution in [0.3, 0.4) is 0 Å². The second-order valence-corrected chi connectivity index (χ2v) is 6.92. The zero-order valence-corrected chi connectivity index (χ0v) is 15.7. The van der Waals surface area contributed by atoms with Crippen molar-refractivity contribution in [2.24, 2.45) is 0 Å². The Morgan fingerprint density at radius 1 is 1.26 bits per heavy atom. The third kappa shape index (κ3) is 4.65. The molecule has 0 heterocycles. The third-order valence-corrected chi connectivity index (χ3v) is 5.05. The number of hydrogen-bond acceptors (Lipinski definition) is 2. The molecule has 27 heavy (non-hydrogen) atoms. The molecule has 1 fully saturated rings. The highest BCUT2D eigenvalue weighted by atomic mass is 19.3. The molecule has 3 nitrogen and oxygen atoms in total. The summed E-state index contributed by atoms with van der Waals surface area (Å²) < 4.78 is 32.7. The monoisotopic (exact) mass is 373 g/mol. The van der Waals surface area contributed by atoms with Gasteiger partial charge in [-0.25, -0.2) is 8.78 Å². The molecule has 2 aromatic rings. The van der Waals surface area contributed by atoms with Crippen LogP contribution in [-0.4, -0.2) is 13.0 Å². The number of ether oxygens (including phenoxy) is 1. The molecule has 5 heteroatoms. The van der Waals surface area contributed by atoms with Gasteiger partial charge in [-0.05, 0) is 59.6 Å². The van der Waals surface area contributed by atoms with Crippen LogP contribution in [0, 0.1) is 0 Å². The van der Waals surface area contributed by atoms with Crippen molar-refractivity contribution in [2.75, 3.05) is 7.05 Å². The van der Waals surface area contributed by atoms with Crippen LogP contribution >= 0.6 is 0 Å². The van der Waals surface area contributed by atoms with E-state index in [1.165, 1.54) is 11.6 Å². The topological polar surface area (TPSA) is 38.3 Å². The average Bonchev–Trinajstić information content (AvgIpc) is 3.51. The molecule has 2 aromatic carbocycles. The van der Waals surface area contributed by atoms with Crippen molar-refractivity contribution >= 4 is 5.91 Å². The maximum absolute atomic E-state index is 13.5. The van der Waals surface area contributed by atoms with Crippen LogP contribution in [0.2, 0.25) is 0 Å². The predicted molar refractivity (Wildman–Crippen MR) is 101 cm³/mol. The number of likely N-dealkylation sites (N-methyl/N-ethyl adjacent to an activating group) is 1. The SMILES string of the molecule is CCc1ccc(OCc2c(CC(=O)NC)cccc2C2CC2)c(C(F)F)c1. The normalized spacial score (nSPS) is 13.7. The standard InChI is InChI=1S/C22H25F2NO2/c1-3-14-7-10-20(18(11-14)22(23)24)27-13-19-16(12-21(26)25-2)5-4-6-17(19)15-8-9-15/h4-7,10-11,15,22H,3,8-9,12-13H2,1-2H3,(H,25,26). The number of rotatable bonds is 8. The number of nitrogens with one attached hydrogen (secondary N) is 1. The molecular weight excluding hydrogens is 348 g/mol. The number of alkyl halides is 2. The minimum Gasteiger partial charge on any atom is -0.488 e. The summed E-state index contributed by atoms with van der Waals surface area (Å²) >= 11 is 0. The molecule has 0 aromatic heterocycles. The van der Waals surface area contributed by atoms with Crippen molar-refractivity contribution in [3.05, 3.63) is 64.2 Å². The molecule has 1 amide bonds. The molecule has 1 aliphatic carbocycles. The maximum Gasteiger partial charge on any atom is 0.267 e. The highest BCUT2D eigenvalue weighted by molar-refractivity contribution is 5.78. The maximum atomic E-state index is 13.5. The lowest BCUT2D eigenvalue weighted by atomic mass is 9.96. The minimum atomic E-state index is -2.59. The first-order valence-corrected chi connectivity index (χ1v) is 9.38. The molecule has 0 aliphatic heterocycles. The number of halogens is 2. The summed E-state index contributed by atoms with van der Waals surface area (Å²) in [6.45, 7) is 2.12. The summed E-state index contributed by atoms with van der Waals surface area (Å²) in [5.41, 5.74) is 3.79. The Morgan fingerprint density at radius 2 is 2.04 bits per heavy atom. The number of amides is 1. The van der Waals surface area contributed by atoms with Crippen LogP contribution in [0.1, 0.15) is 59.9 Å². The lowest BCUT2D eigenvalue weighted by Crippen LogP contribution is -2.21. The van der Waals surface area contributed by atoms with Gasteiger partial charge in [-0.2, -0.15) is 0 Å². The molecule has 0 unspecified atom stereocenters. The van der Waals surface area contributed by atoms with Gasteiger partial charge in [0.05, 0.1) is 12.0 Å². The van der Waals surface area contributed by atoms with E-state index in [9.17, 15) is 13.6 Å². The zero-order chi connectivity index (χ0) is 19.4. The van der Waals surface area contributed by atoms with E-state index in [0.29, 0.717) is 12.3 Å². The number of carbonyl (C=O) groups excluding carboxylic acids is 1. The molecule has 0 atom stereocenters. The number of aryl methyl sites for hydroxylation is 1. The Balaban J connectivity index is 1.88.